The van der Waals surface area contributed by atoms with Gasteiger partial charge >= 0.3 is 13.6 Å². The van der Waals surface area contributed by atoms with Gasteiger partial charge in [-0.15, -0.1) is 0 Å². The summed E-state index contributed by atoms with van der Waals surface area (Å²) in [6.07, 6.45) is 0.182. The van der Waals surface area contributed by atoms with Crippen molar-refractivity contribution in [1.82, 2.24) is 15.1 Å². The molecule has 1 N–H and O–H groups in total. The number of ether oxygens (including phenoxy) is 1. The molecule has 1 unspecified atom stereocenters. The molecule has 2 aliphatic heterocycles. The number of amides is 1. The van der Waals surface area contributed by atoms with Crippen molar-refractivity contribution in [2.24, 2.45) is 5.41 Å². The van der Waals surface area contributed by atoms with Crippen LogP contribution in [-0.2, 0) is 27.9 Å². The van der Waals surface area contributed by atoms with Crippen LogP contribution < -0.4 is 5.32 Å². The fraction of sp³-hybridized carbons (Fsp3) is 0.889. The maximum Gasteiger partial charge on any atom is 0.331 e. The number of carbonyl (C=O) groups is 2. The third-order valence-corrected chi connectivity index (χ3v) is 7.12. The van der Waals surface area contributed by atoms with E-state index in [-0.39, 0.29) is 25.5 Å². The average molecular weight is 419 g/mol. The largest absolute Gasteiger partial charge is 0.469 e. The Morgan fingerprint density at radius 2 is 1.93 bits per heavy atom. The Labute approximate surface area is 167 Å². The molecule has 2 saturated heterocycles. The second-order valence-corrected chi connectivity index (χ2v) is 10.3. The lowest BCUT2D eigenvalue weighted by atomic mass is 9.87. The number of hydrogen-bond acceptors (Lipinski definition) is 8. The van der Waals surface area contributed by atoms with E-state index in [9.17, 15) is 14.2 Å². The van der Waals surface area contributed by atoms with Crippen LogP contribution in [0.2, 0.25) is 0 Å². The highest BCUT2D eigenvalue weighted by molar-refractivity contribution is 7.53. The number of nitrogens with zero attached hydrogens (tertiary/aromatic N) is 2. The van der Waals surface area contributed by atoms with E-state index >= 15 is 0 Å². The number of rotatable bonds is 8. The first kappa shape index (κ1) is 23.3. The Morgan fingerprint density at radius 3 is 2.57 bits per heavy atom. The number of likely N-dealkylation sites (N-methyl/N-ethyl adjacent to an activating group) is 1. The van der Waals surface area contributed by atoms with Crippen LogP contribution in [0.3, 0.4) is 0 Å². The molecule has 0 bridgehead atoms. The Kier molecular flexibility index (Phi) is 8.45. The first-order valence-electron chi connectivity index (χ1n) is 9.83. The molecule has 0 aromatic rings. The molecule has 0 spiro atoms. The topological polar surface area (TPSA) is 97.4 Å². The molecule has 2 heterocycles. The smallest absolute Gasteiger partial charge is 0.331 e. The van der Waals surface area contributed by atoms with Crippen molar-refractivity contribution < 1.29 is 27.9 Å². The minimum absolute atomic E-state index is 0.0779. The van der Waals surface area contributed by atoms with Crippen LogP contribution in [0, 0.1) is 5.41 Å². The molecule has 2 rings (SSSR count). The van der Waals surface area contributed by atoms with Crippen molar-refractivity contribution in [3.05, 3.63) is 0 Å². The van der Waals surface area contributed by atoms with E-state index < -0.39 is 25.1 Å². The fourth-order valence-electron chi connectivity index (χ4n) is 3.24. The van der Waals surface area contributed by atoms with E-state index in [1.165, 1.54) is 7.11 Å². The van der Waals surface area contributed by atoms with Gasteiger partial charge in [-0.3, -0.25) is 18.7 Å². The molecular formula is C18H34N3O6P. The normalized spacial score (nSPS) is 28.6. The second-order valence-electron chi connectivity index (χ2n) is 8.20. The summed E-state index contributed by atoms with van der Waals surface area (Å²) >= 11 is 0. The van der Waals surface area contributed by atoms with Gasteiger partial charge in [0.05, 0.1) is 26.3 Å². The molecule has 2 atom stereocenters. The van der Waals surface area contributed by atoms with Crippen molar-refractivity contribution in [3.63, 3.8) is 0 Å². The van der Waals surface area contributed by atoms with Crippen LogP contribution in [0.25, 0.3) is 0 Å². The molecule has 0 aromatic carbocycles. The highest BCUT2D eigenvalue weighted by Gasteiger charge is 2.47. The SMILES string of the molecule is COC(=O)CCNC(=O)[C@@H]1OP(=O)(CCCN2CCN(C)CC2)OCC1(C)C. The quantitative estimate of drug-likeness (QED) is 0.459. The predicted molar refractivity (Wildman–Crippen MR) is 105 cm³/mol. The molecule has 0 radical (unpaired) electrons. The third kappa shape index (κ3) is 6.81. The van der Waals surface area contributed by atoms with Crippen LogP contribution in [0.4, 0.5) is 0 Å². The van der Waals surface area contributed by atoms with E-state index in [4.69, 9.17) is 9.05 Å². The van der Waals surface area contributed by atoms with Gasteiger partial charge < -0.3 is 24.4 Å². The zero-order chi connectivity index (χ0) is 20.8. The van der Waals surface area contributed by atoms with Crippen molar-refractivity contribution >= 4 is 19.5 Å². The Hall–Kier alpha value is -0.990. The molecule has 1 amide bonds. The van der Waals surface area contributed by atoms with Gasteiger partial charge in [-0.25, -0.2) is 0 Å². The highest BCUT2D eigenvalue weighted by Crippen LogP contribution is 2.56. The van der Waals surface area contributed by atoms with Crippen molar-refractivity contribution in [3.8, 4) is 0 Å². The van der Waals surface area contributed by atoms with E-state index in [1.54, 1.807) is 0 Å². The third-order valence-electron chi connectivity index (χ3n) is 5.21. The summed E-state index contributed by atoms with van der Waals surface area (Å²) in [5.74, 6) is -0.779. The summed E-state index contributed by atoms with van der Waals surface area (Å²) in [6, 6.07) is 0. The average Bonchev–Trinajstić information content (AvgIpc) is 2.65. The summed E-state index contributed by atoms with van der Waals surface area (Å²) in [6.45, 7) is 8.92. The first-order valence-corrected chi connectivity index (χ1v) is 11.6. The van der Waals surface area contributed by atoms with Crippen LogP contribution in [-0.4, -0.2) is 94.0 Å². The molecule has 10 heteroatoms. The molecule has 162 valence electrons. The van der Waals surface area contributed by atoms with Crippen LogP contribution >= 0.6 is 7.60 Å². The maximum absolute atomic E-state index is 13.0. The van der Waals surface area contributed by atoms with Crippen LogP contribution in [0.1, 0.15) is 26.7 Å². The molecule has 0 aromatic heterocycles. The van der Waals surface area contributed by atoms with E-state index in [2.05, 4.69) is 26.9 Å². The van der Waals surface area contributed by atoms with Crippen molar-refractivity contribution in [2.45, 2.75) is 32.8 Å². The van der Waals surface area contributed by atoms with Crippen molar-refractivity contribution in [1.29, 1.82) is 0 Å². The van der Waals surface area contributed by atoms with Gasteiger partial charge in [0.1, 0.15) is 0 Å². The molecule has 0 aliphatic carbocycles. The van der Waals surface area contributed by atoms with Gasteiger partial charge in [0, 0.05) is 38.1 Å². The zero-order valence-corrected chi connectivity index (χ0v) is 18.3. The molecule has 28 heavy (non-hydrogen) atoms. The lowest BCUT2D eigenvalue weighted by Crippen LogP contribution is -2.50. The zero-order valence-electron chi connectivity index (χ0n) is 17.4. The van der Waals surface area contributed by atoms with Gasteiger partial charge in [0.2, 0.25) is 5.91 Å². The predicted octanol–water partition coefficient (Wildman–Crippen LogP) is 0.938. The van der Waals surface area contributed by atoms with Gasteiger partial charge in [-0.1, -0.05) is 13.8 Å². The standard InChI is InChI=1S/C18H34N3O6P/c1-18(2)14-26-28(24,13-5-8-21-11-9-20(3)10-12-21)27-16(18)17(23)19-7-6-15(22)25-4/h16H,5-14H2,1-4H3,(H,19,23)/t16-,28?/m0/s1. The van der Waals surface area contributed by atoms with Crippen molar-refractivity contribution in [2.75, 3.05) is 66.2 Å². The Morgan fingerprint density at radius 1 is 1.25 bits per heavy atom. The van der Waals surface area contributed by atoms with E-state index in [1.807, 2.05) is 13.8 Å². The summed E-state index contributed by atoms with van der Waals surface area (Å²) in [4.78, 5) is 28.4. The number of esters is 1. The monoisotopic (exact) mass is 419 g/mol. The minimum atomic E-state index is -3.33. The number of piperazine rings is 1. The Balaban J connectivity index is 1.84. The van der Waals surface area contributed by atoms with Crippen LogP contribution in [0.15, 0.2) is 0 Å². The summed E-state index contributed by atoms with van der Waals surface area (Å²) in [7, 11) is 0.0777. The van der Waals surface area contributed by atoms with Gasteiger partial charge in [0.25, 0.3) is 0 Å². The summed E-state index contributed by atoms with van der Waals surface area (Å²) in [5, 5.41) is 2.67. The van der Waals surface area contributed by atoms with Crippen LogP contribution in [0.5, 0.6) is 0 Å². The summed E-state index contributed by atoms with van der Waals surface area (Å²) in [5.41, 5.74) is -0.610. The van der Waals surface area contributed by atoms with Gasteiger partial charge in [0.15, 0.2) is 6.10 Å². The minimum Gasteiger partial charge on any atom is -0.469 e. The molecule has 0 saturated carbocycles. The van der Waals surface area contributed by atoms with Gasteiger partial charge in [-0.05, 0) is 20.0 Å². The fourth-order valence-corrected chi connectivity index (χ4v) is 5.29. The Bertz CT molecular complexity index is 592. The summed E-state index contributed by atoms with van der Waals surface area (Å²) < 4.78 is 28.9. The molecule has 2 aliphatic rings. The number of carbonyl (C=O) groups excluding carboxylic acids is 2. The molecular weight excluding hydrogens is 385 g/mol. The number of hydrogen-bond donors (Lipinski definition) is 1. The lowest BCUT2D eigenvalue weighted by Gasteiger charge is -2.40. The second kappa shape index (κ2) is 10.2. The van der Waals surface area contributed by atoms with E-state index in [0.717, 1.165) is 32.7 Å². The van der Waals surface area contributed by atoms with Gasteiger partial charge in [-0.2, -0.15) is 0 Å². The number of nitrogens with one attached hydrogen (secondary N) is 1. The lowest BCUT2D eigenvalue weighted by molar-refractivity contribution is -0.141. The number of methoxy groups -OCH3 is 1. The molecule has 2 fully saturated rings. The first-order chi connectivity index (χ1) is 13.1. The maximum atomic E-state index is 13.0. The van der Waals surface area contributed by atoms with E-state index in [0.29, 0.717) is 12.6 Å². The molecule has 9 nitrogen and oxygen atoms in total. The highest BCUT2D eigenvalue weighted by atomic mass is 31.2.